The van der Waals surface area contributed by atoms with Crippen molar-refractivity contribution in [2.45, 2.75) is 24.4 Å². The highest BCUT2D eigenvalue weighted by molar-refractivity contribution is 6.34. The summed E-state index contributed by atoms with van der Waals surface area (Å²) < 4.78 is 5.17. The normalized spacial score (nSPS) is 22.9. The topological polar surface area (TPSA) is 92.8 Å². The summed E-state index contributed by atoms with van der Waals surface area (Å²) in [6.45, 7) is 1.30. The van der Waals surface area contributed by atoms with E-state index in [4.69, 9.17) is 16.3 Å². The Kier molecular flexibility index (Phi) is 6.29. The van der Waals surface area contributed by atoms with Crippen LogP contribution in [0.1, 0.15) is 38.8 Å². The zero-order chi connectivity index (χ0) is 29.9. The Labute approximate surface area is 252 Å². The maximum Gasteiger partial charge on any atom is 0.308 e. The fourth-order valence-corrected chi connectivity index (χ4v) is 7.20. The van der Waals surface area contributed by atoms with Crippen LogP contribution in [0.4, 0.5) is 11.4 Å². The van der Waals surface area contributed by atoms with Gasteiger partial charge in [0.05, 0.1) is 17.0 Å². The van der Waals surface area contributed by atoms with Gasteiger partial charge in [0.25, 0.3) is 0 Å². The smallest absolute Gasteiger partial charge is 0.308 e. The summed E-state index contributed by atoms with van der Waals surface area (Å²) in [5.74, 6) is -2.41. The largest absolute Gasteiger partial charge is 0.427 e. The van der Waals surface area contributed by atoms with Crippen LogP contribution in [0.5, 0.6) is 5.75 Å². The van der Waals surface area contributed by atoms with E-state index in [0.717, 1.165) is 11.3 Å². The van der Waals surface area contributed by atoms with Crippen LogP contribution >= 0.6 is 11.6 Å². The number of para-hydroxylation sites is 2. The van der Waals surface area contributed by atoms with Crippen LogP contribution < -0.4 is 15.0 Å². The molecule has 1 amide bonds. The van der Waals surface area contributed by atoms with Crippen molar-refractivity contribution in [2.24, 2.45) is 5.92 Å². The Hall–Kier alpha value is -5.01. The van der Waals surface area contributed by atoms with Crippen LogP contribution in [0.15, 0.2) is 103 Å². The van der Waals surface area contributed by atoms with Crippen molar-refractivity contribution in [1.29, 1.82) is 0 Å². The molecular weight excluding hydrogens is 564 g/mol. The predicted molar refractivity (Wildman–Crippen MR) is 164 cm³/mol. The highest BCUT2D eigenvalue weighted by Gasteiger charge is 2.70. The van der Waals surface area contributed by atoms with Crippen molar-refractivity contribution in [1.82, 2.24) is 0 Å². The Balaban J connectivity index is 1.49. The summed E-state index contributed by atoms with van der Waals surface area (Å²) in [6.07, 6.45) is 3.87. The number of rotatable bonds is 5. The van der Waals surface area contributed by atoms with Gasteiger partial charge in [0.2, 0.25) is 5.91 Å². The highest BCUT2D eigenvalue weighted by Crippen LogP contribution is 2.58. The van der Waals surface area contributed by atoms with E-state index in [-0.39, 0.29) is 22.3 Å². The molecule has 7 nitrogen and oxygen atoms in total. The van der Waals surface area contributed by atoms with E-state index in [0.29, 0.717) is 22.6 Å². The van der Waals surface area contributed by atoms with Crippen molar-refractivity contribution < 1.29 is 23.9 Å². The molecular formula is C35H25ClN2O5. The summed E-state index contributed by atoms with van der Waals surface area (Å²) in [5, 5.41) is 3.26. The van der Waals surface area contributed by atoms with E-state index < -0.39 is 35.2 Å². The molecule has 3 aliphatic heterocycles. The molecule has 212 valence electrons. The molecule has 0 radical (unpaired) electrons. The standard InChI is InChI=1S/C35H25ClN2O5/c1-20(39)43-23-17-14-22(15-18-23)32(40)31-30(33(41)24-9-3-5-11-26(24)36)35(25-10-4-6-12-27(25)37-34(35)42)29-19-16-21-8-2-7-13-28(21)38(29)31/h2-19,29-31H,1H3,(H,37,42)/t29-,30-,31-,35-/m1/s1. The molecule has 0 unspecified atom stereocenters. The van der Waals surface area contributed by atoms with Gasteiger partial charge >= 0.3 is 5.97 Å². The number of esters is 1. The molecule has 43 heavy (non-hydrogen) atoms. The van der Waals surface area contributed by atoms with Gasteiger partial charge < -0.3 is 15.0 Å². The minimum atomic E-state index is -1.44. The van der Waals surface area contributed by atoms with Gasteiger partial charge in [-0.1, -0.05) is 72.3 Å². The number of ketones is 2. The van der Waals surface area contributed by atoms with Gasteiger partial charge in [-0.3, -0.25) is 19.2 Å². The fraction of sp³-hybridized carbons (Fsp3) is 0.143. The third-order valence-corrected chi connectivity index (χ3v) is 8.96. The number of hydrogen-bond acceptors (Lipinski definition) is 6. The second-order valence-corrected chi connectivity index (χ2v) is 11.3. The van der Waals surface area contributed by atoms with E-state index in [2.05, 4.69) is 5.32 Å². The number of nitrogens with one attached hydrogen (secondary N) is 1. The lowest BCUT2D eigenvalue weighted by atomic mass is 9.64. The lowest BCUT2D eigenvalue weighted by Crippen LogP contribution is -2.51. The van der Waals surface area contributed by atoms with Crippen LogP contribution in [0.2, 0.25) is 5.02 Å². The van der Waals surface area contributed by atoms with Gasteiger partial charge in [0, 0.05) is 29.4 Å². The molecule has 3 aliphatic rings. The number of anilines is 2. The van der Waals surface area contributed by atoms with Crippen molar-refractivity contribution in [2.75, 3.05) is 10.2 Å². The molecule has 7 rings (SSSR count). The number of fused-ring (bicyclic) bond motifs is 6. The first-order valence-electron chi connectivity index (χ1n) is 13.9. The van der Waals surface area contributed by atoms with E-state index in [1.165, 1.54) is 6.92 Å². The molecule has 1 saturated heterocycles. The molecule has 1 spiro atoms. The van der Waals surface area contributed by atoms with Crippen molar-refractivity contribution in [3.05, 3.63) is 130 Å². The average Bonchev–Trinajstić information content (AvgIpc) is 3.49. The van der Waals surface area contributed by atoms with Crippen LogP contribution in [0, 0.1) is 5.92 Å². The van der Waals surface area contributed by atoms with E-state index in [1.54, 1.807) is 48.5 Å². The fourth-order valence-electron chi connectivity index (χ4n) is 6.97. The molecule has 4 aromatic carbocycles. The van der Waals surface area contributed by atoms with Crippen LogP contribution in [0.25, 0.3) is 6.08 Å². The zero-order valence-electron chi connectivity index (χ0n) is 23.0. The number of halogens is 1. The number of ether oxygens (including phenoxy) is 1. The second-order valence-electron chi connectivity index (χ2n) is 10.9. The third-order valence-electron chi connectivity index (χ3n) is 8.63. The quantitative estimate of drug-likeness (QED) is 0.171. The minimum Gasteiger partial charge on any atom is -0.427 e. The van der Waals surface area contributed by atoms with Gasteiger partial charge in [-0.2, -0.15) is 0 Å². The highest BCUT2D eigenvalue weighted by atomic mass is 35.5. The summed E-state index contributed by atoms with van der Waals surface area (Å²) in [4.78, 5) is 57.4. The lowest BCUT2D eigenvalue weighted by Gasteiger charge is -2.37. The van der Waals surface area contributed by atoms with Crippen molar-refractivity contribution >= 4 is 52.5 Å². The third kappa shape index (κ3) is 3.96. The second kappa shape index (κ2) is 10.1. The summed E-state index contributed by atoms with van der Waals surface area (Å²) in [5.41, 5.74) is 2.00. The Morgan fingerprint density at radius 3 is 2.33 bits per heavy atom. The van der Waals surface area contributed by atoms with E-state index >= 15 is 0 Å². The minimum absolute atomic E-state index is 0.242. The number of nitrogens with zero attached hydrogens (tertiary/aromatic N) is 1. The first-order valence-corrected chi connectivity index (χ1v) is 14.3. The SMILES string of the molecule is CC(=O)Oc1ccc(C(=O)[C@H]2[C@H](C(=O)c3ccccc3Cl)[C@]3(C(=O)Nc4ccccc43)[C@H]3C=Cc4ccccc4N23)cc1. The molecule has 8 heteroatoms. The van der Waals surface area contributed by atoms with Gasteiger partial charge in [-0.05, 0) is 59.7 Å². The number of carbonyl (C=O) groups excluding carboxylic acids is 4. The summed E-state index contributed by atoms with van der Waals surface area (Å²) in [7, 11) is 0. The molecule has 3 heterocycles. The van der Waals surface area contributed by atoms with Gasteiger partial charge in [-0.15, -0.1) is 0 Å². The van der Waals surface area contributed by atoms with Crippen molar-refractivity contribution in [3.63, 3.8) is 0 Å². The molecule has 0 bridgehead atoms. The number of hydrogen-bond donors (Lipinski definition) is 1. The molecule has 4 aromatic rings. The Morgan fingerprint density at radius 2 is 1.56 bits per heavy atom. The number of amides is 1. The van der Waals surface area contributed by atoms with Crippen LogP contribution in [-0.2, 0) is 15.0 Å². The molecule has 0 saturated carbocycles. The number of benzene rings is 4. The zero-order valence-corrected chi connectivity index (χ0v) is 23.7. The van der Waals surface area contributed by atoms with Gasteiger partial charge in [-0.25, -0.2) is 0 Å². The van der Waals surface area contributed by atoms with Crippen LogP contribution in [-0.4, -0.2) is 35.5 Å². The van der Waals surface area contributed by atoms with Crippen LogP contribution in [0.3, 0.4) is 0 Å². The van der Waals surface area contributed by atoms with E-state index in [9.17, 15) is 19.2 Å². The number of Topliss-reactive ketones (excluding diaryl/α,β-unsaturated/α-hetero) is 2. The molecule has 1 N–H and O–H groups in total. The molecule has 0 aromatic heterocycles. The summed E-state index contributed by atoms with van der Waals surface area (Å²) >= 11 is 6.59. The van der Waals surface area contributed by atoms with E-state index in [1.807, 2.05) is 65.6 Å². The summed E-state index contributed by atoms with van der Waals surface area (Å²) in [6, 6.07) is 26.2. The number of carbonyl (C=O) groups is 4. The first-order chi connectivity index (χ1) is 20.8. The Morgan fingerprint density at radius 1 is 0.860 bits per heavy atom. The molecule has 4 atom stereocenters. The monoisotopic (exact) mass is 588 g/mol. The predicted octanol–water partition coefficient (Wildman–Crippen LogP) is 6.12. The van der Waals surface area contributed by atoms with Gasteiger partial charge in [0.1, 0.15) is 17.2 Å². The van der Waals surface area contributed by atoms with Gasteiger partial charge in [0.15, 0.2) is 11.6 Å². The Bertz CT molecular complexity index is 1870. The molecule has 0 aliphatic carbocycles. The lowest BCUT2D eigenvalue weighted by molar-refractivity contribution is -0.131. The molecule has 1 fully saturated rings. The van der Waals surface area contributed by atoms with Crippen molar-refractivity contribution in [3.8, 4) is 5.75 Å². The maximum atomic E-state index is 14.8. The first kappa shape index (κ1) is 26.9. The average molecular weight is 589 g/mol. The maximum absolute atomic E-state index is 14.8.